The Morgan fingerprint density at radius 3 is 2.18 bits per heavy atom. The van der Waals surface area contributed by atoms with Crippen molar-refractivity contribution in [3.8, 4) is 0 Å². The molecule has 102 valence electrons. The number of methoxy groups -OCH3 is 1. The molecule has 0 aromatic carbocycles. The number of rotatable bonds is 6. The molecular weight excluding hydrogens is 216 g/mol. The molecule has 0 aliphatic heterocycles. The molecule has 3 nitrogen and oxygen atoms in total. The van der Waals surface area contributed by atoms with Crippen LogP contribution in [-0.4, -0.2) is 36.6 Å². The van der Waals surface area contributed by atoms with Crippen molar-refractivity contribution in [2.75, 3.05) is 13.7 Å². The second-order valence-corrected chi connectivity index (χ2v) is 5.60. The summed E-state index contributed by atoms with van der Waals surface area (Å²) in [6.45, 7) is 6.45. The Labute approximate surface area is 105 Å². The molecule has 0 aromatic heterocycles. The van der Waals surface area contributed by atoms with Gasteiger partial charge in [0, 0.05) is 7.11 Å². The van der Waals surface area contributed by atoms with E-state index in [2.05, 4.69) is 13.8 Å². The highest BCUT2D eigenvalue weighted by molar-refractivity contribution is 4.91. The molecule has 0 spiro atoms. The zero-order chi connectivity index (χ0) is 12.9. The van der Waals surface area contributed by atoms with Gasteiger partial charge in [0.1, 0.15) is 5.60 Å². The van der Waals surface area contributed by atoms with Crippen LogP contribution in [0.5, 0.6) is 0 Å². The van der Waals surface area contributed by atoms with Crippen molar-refractivity contribution in [1.29, 1.82) is 0 Å². The zero-order valence-corrected chi connectivity index (χ0v) is 11.7. The third-order valence-electron chi connectivity index (χ3n) is 3.99. The highest BCUT2D eigenvalue weighted by atomic mass is 16.6. The van der Waals surface area contributed by atoms with Crippen molar-refractivity contribution < 1.29 is 14.6 Å². The maximum absolute atomic E-state index is 10.1. The smallest absolute Gasteiger partial charge is 0.119 e. The normalized spacial score (nSPS) is 23.6. The van der Waals surface area contributed by atoms with Crippen LogP contribution in [0, 0.1) is 5.92 Å². The molecular formula is C14H28O3. The molecule has 0 heterocycles. The van der Waals surface area contributed by atoms with Crippen LogP contribution in [-0.2, 0) is 9.47 Å². The van der Waals surface area contributed by atoms with Gasteiger partial charge in [-0.2, -0.15) is 0 Å². The van der Waals surface area contributed by atoms with Crippen LogP contribution in [0.15, 0.2) is 0 Å². The van der Waals surface area contributed by atoms with Crippen LogP contribution < -0.4 is 0 Å². The Kier molecular flexibility index (Phi) is 5.90. The van der Waals surface area contributed by atoms with Gasteiger partial charge in [0.15, 0.2) is 0 Å². The van der Waals surface area contributed by atoms with Gasteiger partial charge in [0.25, 0.3) is 0 Å². The summed E-state index contributed by atoms with van der Waals surface area (Å²) in [6.07, 6.45) is 5.81. The molecule has 3 heteroatoms. The topological polar surface area (TPSA) is 38.7 Å². The Balaban J connectivity index is 2.72. The lowest BCUT2D eigenvalue weighted by atomic mass is 9.85. The first-order valence-electron chi connectivity index (χ1n) is 6.87. The molecule has 2 atom stereocenters. The predicted octanol–water partition coefficient (Wildman–Crippen LogP) is 2.76. The second-order valence-electron chi connectivity index (χ2n) is 5.60. The fourth-order valence-corrected chi connectivity index (χ4v) is 2.76. The van der Waals surface area contributed by atoms with Gasteiger partial charge in [-0.3, -0.25) is 0 Å². The predicted molar refractivity (Wildman–Crippen MR) is 69.1 cm³/mol. The lowest BCUT2D eigenvalue weighted by Crippen LogP contribution is -2.53. The largest absolute Gasteiger partial charge is 0.390 e. The molecule has 17 heavy (non-hydrogen) atoms. The molecule has 0 radical (unpaired) electrons. The average Bonchev–Trinajstić information content (AvgIpc) is 2.29. The van der Waals surface area contributed by atoms with Gasteiger partial charge in [0.05, 0.1) is 18.8 Å². The van der Waals surface area contributed by atoms with E-state index in [-0.39, 0.29) is 12.0 Å². The number of aliphatic hydroxyl groups is 1. The van der Waals surface area contributed by atoms with Crippen LogP contribution in [0.2, 0.25) is 0 Å². The molecule has 1 rings (SSSR count). The molecule has 0 amide bonds. The first-order valence-corrected chi connectivity index (χ1v) is 6.87. The maximum atomic E-state index is 10.1. The number of hydrogen-bond donors (Lipinski definition) is 1. The summed E-state index contributed by atoms with van der Waals surface area (Å²) in [5.74, 6) is 0.240. The van der Waals surface area contributed by atoms with Gasteiger partial charge in [-0.05, 0) is 25.7 Å². The van der Waals surface area contributed by atoms with Gasteiger partial charge < -0.3 is 14.6 Å². The van der Waals surface area contributed by atoms with E-state index in [1.165, 1.54) is 19.3 Å². The van der Waals surface area contributed by atoms with E-state index in [0.717, 1.165) is 12.8 Å². The summed E-state index contributed by atoms with van der Waals surface area (Å²) in [5.41, 5.74) is -0.559. The third kappa shape index (κ3) is 3.67. The molecule has 1 saturated carbocycles. The molecule has 1 fully saturated rings. The Morgan fingerprint density at radius 2 is 1.76 bits per heavy atom. The highest BCUT2D eigenvalue weighted by Crippen LogP contribution is 2.32. The van der Waals surface area contributed by atoms with Crippen molar-refractivity contribution in [2.45, 2.75) is 70.7 Å². The standard InChI is InChI=1S/C14H28O3/c1-11(2)14(10-16-4,12(3)15)17-13-8-6-5-7-9-13/h11-13,15H,5-10H2,1-4H3. The van der Waals surface area contributed by atoms with Crippen molar-refractivity contribution in [3.63, 3.8) is 0 Å². The van der Waals surface area contributed by atoms with E-state index in [9.17, 15) is 5.11 Å². The zero-order valence-electron chi connectivity index (χ0n) is 11.7. The molecule has 1 aliphatic rings. The van der Waals surface area contributed by atoms with E-state index < -0.39 is 11.7 Å². The fourth-order valence-electron chi connectivity index (χ4n) is 2.76. The molecule has 1 N–H and O–H groups in total. The van der Waals surface area contributed by atoms with E-state index in [0.29, 0.717) is 6.61 Å². The van der Waals surface area contributed by atoms with Gasteiger partial charge in [-0.25, -0.2) is 0 Å². The average molecular weight is 244 g/mol. The number of ether oxygens (including phenoxy) is 2. The highest BCUT2D eigenvalue weighted by Gasteiger charge is 2.42. The van der Waals surface area contributed by atoms with Crippen molar-refractivity contribution in [2.24, 2.45) is 5.92 Å². The van der Waals surface area contributed by atoms with Gasteiger partial charge >= 0.3 is 0 Å². The van der Waals surface area contributed by atoms with Crippen LogP contribution in [0.4, 0.5) is 0 Å². The van der Waals surface area contributed by atoms with E-state index in [1.807, 2.05) is 6.92 Å². The summed E-state index contributed by atoms with van der Waals surface area (Å²) >= 11 is 0. The first-order chi connectivity index (χ1) is 8.03. The van der Waals surface area contributed by atoms with Crippen LogP contribution in [0.3, 0.4) is 0 Å². The maximum Gasteiger partial charge on any atom is 0.119 e. The fraction of sp³-hybridized carbons (Fsp3) is 1.00. The third-order valence-corrected chi connectivity index (χ3v) is 3.99. The van der Waals surface area contributed by atoms with E-state index in [4.69, 9.17) is 9.47 Å². The minimum absolute atomic E-state index is 0.240. The summed E-state index contributed by atoms with van der Waals surface area (Å²) in [4.78, 5) is 0. The van der Waals surface area contributed by atoms with Crippen molar-refractivity contribution >= 4 is 0 Å². The summed E-state index contributed by atoms with van der Waals surface area (Å²) in [5, 5.41) is 10.1. The van der Waals surface area contributed by atoms with Gasteiger partial charge in [0.2, 0.25) is 0 Å². The minimum atomic E-state index is -0.559. The van der Waals surface area contributed by atoms with Crippen LogP contribution in [0.25, 0.3) is 0 Å². The summed E-state index contributed by atoms with van der Waals surface area (Å²) in [6, 6.07) is 0. The Hall–Kier alpha value is -0.120. The van der Waals surface area contributed by atoms with Crippen molar-refractivity contribution in [1.82, 2.24) is 0 Å². The molecule has 2 unspecified atom stereocenters. The number of aliphatic hydroxyl groups excluding tert-OH is 1. The van der Waals surface area contributed by atoms with Crippen LogP contribution in [0.1, 0.15) is 52.9 Å². The SMILES string of the molecule is COCC(OC1CCCCC1)(C(C)C)C(C)O. The lowest BCUT2D eigenvalue weighted by Gasteiger charge is -2.43. The Bertz CT molecular complexity index is 200. The summed E-state index contributed by atoms with van der Waals surface area (Å²) < 4.78 is 11.6. The first kappa shape index (κ1) is 14.9. The minimum Gasteiger partial charge on any atom is -0.390 e. The summed E-state index contributed by atoms with van der Waals surface area (Å²) in [7, 11) is 1.67. The molecule has 0 aromatic rings. The van der Waals surface area contributed by atoms with Crippen molar-refractivity contribution in [3.05, 3.63) is 0 Å². The number of hydrogen-bond acceptors (Lipinski definition) is 3. The Morgan fingerprint density at radius 1 is 1.18 bits per heavy atom. The van der Waals surface area contributed by atoms with Gasteiger partial charge in [-0.15, -0.1) is 0 Å². The quantitative estimate of drug-likeness (QED) is 0.781. The molecule has 0 bridgehead atoms. The van der Waals surface area contributed by atoms with Gasteiger partial charge in [-0.1, -0.05) is 33.1 Å². The lowest BCUT2D eigenvalue weighted by molar-refractivity contribution is -0.203. The van der Waals surface area contributed by atoms with Crippen LogP contribution >= 0.6 is 0 Å². The molecule has 0 saturated heterocycles. The second kappa shape index (κ2) is 6.72. The van der Waals surface area contributed by atoms with E-state index in [1.54, 1.807) is 7.11 Å². The molecule has 1 aliphatic carbocycles. The monoisotopic (exact) mass is 244 g/mol. The van der Waals surface area contributed by atoms with E-state index >= 15 is 0 Å².